The molecular formula is C24H24N2O4. The van der Waals surface area contributed by atoms with Crippen LogP contribution in [0.2, 0.25) is 0 Å². The Bertz CT molecular complexity index is 1080. The number of amides is 1. The molecule has 0 saturated carbocycles. The number of rotatable bonds is 8. The van der Waals surface area contributed by atoms with Crippen LogP contribution in [0, 0.1) is 0 Å². The van der Waals surface area contributed by atoms with Gasteiger partial charge in [0, 0.05) is 18.5 Å². The topological polar surface area (TPSA) is 88.4 Å². The summed E-state index contributed by atoms with van der Waals surface area (Å²) < 4.78 is 1.24. The second-order valence-corrected chi connectivity index (χ2v) is 7.12. The number of hydrogen-bond acceptors (Lipinski definition) is 3. The molecule has 0 radical (unpaired) electrons. The molecule has 1 atom stereocenters. The minimum atomic E-state index is -1.11. The number of carboxylic acid groups (broad SMARTS) is 1. The van der Waals surface area contributed by atoms with Gasteiger partial charge in [0.2, 0.25) is 5.91 Å². The van der Waals surface area contributed by atoms with Crippen LogP contribution in [0.3, 0.4) is 0 Å². The largest absolute Gasteiger partial charge is 0.480 e. The van der Waals surface area contributed by atoms with Gasteiger partial charge in [0.25, 0.3) is 5.56 Å². The van der Waals surface area contributed by atoms with E-state index in [4.69, 9.17) is 0 Å². The molecule has 1 unspecified atom stereocenters. The van der Waals surface area contributed by atoms with E-state index in [0.29, 0.717) is 18.5 Å². The minimum Gasteiger partial charge on any atom is -0.480 e. The van der Waals surface area contributed by atoms with Gasteiger partial charge in [-0.1, -0.05) is 60.7 Å². The van der Waals surface area contributed by atoms with Gasteiger partial charge in [0.15, 0.2) is 0 Å². The van der Waals surface area contributed by atoms with E-state index in [9.17, 15) is 19.5 Å². The van der Waals surface area contributed by atoms with Crippen molar-refractivity contribution >= 4 is 17.6 Å². The average molecular weight is 404 g/mol. The number of aryl methyl sites for hydroxylation is 1. The summed E-state index contributed by atoms with van der Waals surface area (Å²) in [7, 11) is 0. The third-order valence-electron chi connectivity index (χ3n) is 4.93. The van der Waals surface area contributed by atoms with Gasteiger partial charge >= 0.3 is 5.97 Å². The molecule has 0 fully saturated rings. The maximum atomic E-state index is 13.0. The van der Waals surface area contributed by atoms with E-state index in [2.05, 4.69) is 5.32 Å². The molecule has 2 aromatic carbocycles. The first-order valence-corrected chi connectivity index (χ1v) is 9.80. The lowest BCUT2D eigenvalue weighted by Crippen LogP contribution is -2.33. The van der Waals surface area contributed by atoms with Crippen molar-refractivity contribution in [2.24, 2.45) is 0 Å². The zero-order chi connectivity index (χ0) is 21.5. The normalized spacial score (nSPS) is 11.6. The van der Waals surface area contributed by atoms with Gasteiger partial charge in [-0.25, -0.2) is 4.79 Å². The molecule has 2 N–H and O–H groups in total. The fourth-order valence-electron chi connectivity index (χ4n) is 3.29. The van der Waals surface area contributed by atoms with Gasteiger partial charge in [-0.05, 0) is 36.6 Å². The summed E-state index contributed by atoms with van der Waals surface area (Å²) in [4.78, 5) is 37.0. The number of nitrogens with one attached hydrogen (secondary N) is 1. The lowest BCUT2D eigenvalue weighted by atomic mass is 10.1. The average Bonchev–Trinajstić information content (AvgIpc) is 2.75. The molecule has 3 aromatic rings. The highest BCUT2D eigenvalue weighted by Crippen LogP contribution is 2.16. The molecule has 6 nitrogen and oxygen atoms in total. The zero-order valence-corrected chi connectivity index (χ0v) is 16.7. The summed E-state index contributed by atoms with van der Waals surface area (Å²) in [6.45, 7) is 1.46. The van der Waals surface area contributed by atoms with Gasteiger partial charge in [-0.3, -0.25) is 14.2 Å². The number of carbonyl (C=O) groups excluding carboxylic acids is 1. The Hall–Kier alpha value is -3.67. The van der Waals surface area contributed by atoms with E-state index in [0.717, 1.165) is 11.1 Å². The summed E-state index contributed by atoms with van der Waals surface area (Å²) in [6.07, 6.45) is 1.19. The van der Waals surface area contributed by atoms with Crippen molar-refractivity contribution in [2.75, 3.05) is 5.32 Å². The molecule has 0 aliphatic heterocycles. The van der Waals surface area contributed by atoms with E-state index in [-0.39, 0.29) is 18.0 Å². The van der Waals surface area contributed by atoms with Gasteiger partial charge in [0.1, 0.15) is 11.7 Å². The van der Waals surface area contributed by atoms with Crippen LogP contribution in [0.4, 0.5) is 5.69 Å². The first-order valence-electron chi connectivity index (χ1n) is 9.80. The first-order chi connectivity index (χ1) is 14.5. The summed E-state index contributed by atoms with van der Waals surface area (Å²) >= 11 is 0. The summed E-state index contributed by atoms with van der Waals surface area (Å²) in [6, 6.07) is 21.3. The van der Waals surface area contributed by atoms with Gasteiger partial charge in [-0.2, -0.15) is 0 Å². The molecule has 0 saturated heterocycles. The van der Waals surface area contributed by atoms with E-state index in [1.165, 1.54) is 11.5 Å². The van der Waals surface area contributed by atoms with Crippen LogP contribution >= 0.6 is 0 Å². The van der Waals surface area contributed by atoms with Crippen molar-refractivity contribution in [1.29, 1.82) is 0 Å². The van der Waals surface area contributed by atoms with E-state index < -0.39 is 17.6 Å². The summed E-state index contributed by atoms with van der Waals surface area (Å²) in [5.41, 5.74) is 2.12. The number of anilines is 1. The molecule has 6 heteroatoms. The Labute approximate surface area is 174 Å². The highest BCUT2D eigenvalue weighted by Gasteiger charge is 2.20. The Morgan fingerprint density at radius 1 is 0.933 bits per heavy atom. The maximum Gasteiger partial charge on any atom is 0.326 e. The quantitative estimate of drug-likeness (QED) is 0.600. The first kappa shape index (κ1) is 21.0. The van der Waals surface area contributed by atoms with E-state index >= 15 is 0 Å². The summed E-state index contributed by atoms with van der Waals surface area (Å²) in [5.74, 6) is -1.40. The van der Waals surface area contributed by atoms with Crippen LogP contribution in [0.15, 0.2) is 77.6 Å². The zero-order valence-electron chi connectivity index (χ0n) is 16.7. The van der Waals surface area contributed by atoms with Gasteiger partial charge in [-0.15, -0.1) is 0 Å². The third kappa shape index (κ3) is 5.23. The fourth-order valence-corrected chi connectivity index (χ4v) is 3.29. The lowest BCUT2D eigenvalue weighted by molar-refractivity contribution is -0.140. The molecule has 3 rings (SSSR count). The number of carboxylic acids is 1. The van der Waals surface area contributed by atoms with Crippen molar-refractivity contribution in [3.63, 3.8) is 0 Å². The molecular weight excluding hydrogens is 380 g/mol. The van der Waals surface area contributed by atoms with Crippen LogP contribution in [0.25, 0.3) is 0 Å². The number of pyridine rings is 1. The molecule has 1 aromatic heterocycles. The van der Waals surface area contributed by atoms with Crippen molar-refractivity contribution in [3.8, 4) is 0 Å². The molecule has 0 aliphatic carbocycles. The minimum absolute atomic E-state index is 0.0815. The Morgan fingerprint density at radius 2 is 1.53 bits per heavy atom. The molecule has 30 heavy (non-hydrogen) atoms. The second-order valence-electron chi connectivity index (χ2n) is 7.12. The Morgan fingerprint density at radius 3 is 2.13 bits per heavy atom. The smallest absolute Gasteiger partial charge is 0.326 e. The Balaban J connectivity index is 1.83. The van der Waals surface area contributed by atoms with Crippen molar-refractivity contribution in [3.05, 3.63) is 100.0 Å². The van der Waals surface area contributed by atoms with Crippen LogP contribution in [0.1, 0.15) is 36.2 Å². The molecule has 0 aliphatic rings. The standard InChI is InChI=1S/C24H24N2O4/c1-17(24(29)30)26-20(16-19-10-6-3-7-11-19)13-14-21(23(26)28)25-22(27)15-12-18-8-4-2-5-9-18/h2-11,13-14,17H,12,15-16H2,1H3,(H,25,27)(H,29,30). The number of hydrogen-bond donors (Lipinski definition) is 2. The predicted molar refractivity (Wildman–Crippen MR) is 116 cm³/mol. The van der Waals surface area contributed by atoms with Crippen molar-refractivity contribution in [1.82, 2.24) is 4.57 Å². The van der Waals surface area contributed by atoms with E-state index in [1.807, 2.05) is 60.7 Å². The highest BCUT2D eigenvalue weighted by molar-refractivity contribution is 5.90. The third-order valence-corrected chi connectivity index (χ3v) is 4.93. The van der Waals surface area contributed by atoms with E-state index in [1.54, 1.807) is 12.1 Å². The number of carbonyl (C=O) groups is 2. The number of aromatic nitrogens is 1. The second kappa shape index (κ2) is 9.69. The van der Waals surface area contributed by atoms with Crippen LogP contribution < -0.4 is 10.9 Å². The summed E-state index contributed by atoms with van der Waals surface area (Å²) in [5, 5.41) is 12.1. The molecule has 0 spiro atoms. The molecule has 0 bridgehead atoms. The predicted octanol–water partition coefficient (Wildman–Crippen LogP) is 3.66. The van der Waals surface area contributed by atoms with Gasteiger partial charge < -0.3 is 10.4 Å². The van der Waals surface area contributed by atoms with Crippen LogP contribution in [0.5, 0.6) is 0 Å². The Kier molecular flexibility index (Phi) is 6.80. The fraction of sp³-hybridized carbons (Fsp3) is 0.208. The number of benzene rings is 2. The van der Waals surface area contributed by atoms with Crippen molar-refractivity contribution < 1.29 is 14.7 Å². The number of nitrogens with zero attached hydrogens (tertiary/aromatic N) is 1. The molecule has 154 valence electrons. The van der Waals surface area contributed by atoms with Gasteiger partial charge in [0.05, 0.1) is 0 Å². The SMILES string of the molecule is CC(C(=O)O)n1c(Cc2ccccc2)ccc(NC(=O)CCc2ccccc2)c1=O. The van der Waals surface area contributed by atoms with Crippen LogP contribution in [-0.4, -0.2) is 21.6 Å². The lowest BCUT2D eigenvalue weighted by Gasteiger charge is -2.18. The van der Waals surface area contributed by atoms with Crippen LogP contribution in [-0.2, 0) is 22.4 Å². The molecule has 1 heterocycles. The maximum absolute atomic E-state index is 13.0. The highest BCUT2D eigenvalue weighted by atomic mass is 16.4. The number of aliphatic carboxylic acids is 1. The monoisotopic (exact) mass is 404 g/mol. The molecule has 1 amide bonds. The van der Waals surface area contributed by atoms with Crippen molar-refractivity contribution in [2.45, 2.75) is 32.2 Å².